The molecule has 0 unspecified atom stereocenters. The van der Waals surface area contributed by atoms with E-state index in [4.69, 9.17) is 33.2 Å². The van der Waals surface area contributed by atoms with Gasteiger partial charge in [-0.05, 0) is 32.1 Å². The zero-order valence-electron chi connectivity index (χ0n) is 54.3. The molecule has 0 aliphatic carbocycles. The monoisotopic (exact) mass is 1290 g/mol. The fourth-order valence-corrected chi connectivity index (χ4v) is 12.6. The molecule has 4 rings (SSSR count). The molecule has 4 fully saturated rings. The van der Waals surface area contributed by atoms with Crippen LogP contribution in [-0.4, -0.2) is 240 Å². The van der Waals surface area contributed by atoms with Crippen molar-refractivity contribution in [2.45, 2.75) is 355 Å². The van der Waals surface area contributed by atoms with Crippen LogP contribution in [0.2, 0.25) is 0 Å². The molecule has 4 heterocycles. The maximum absolute atomic E-state index is 13.6. The molecule has 4 aliphatic heterocycles. The smallest absolute Gasteiger partial charge is 0.220 e. The van der Waals surface area contributed by atoms with Crippen LogP contribution >= 0.6 is 0 Å². The predicted molar refractivity (Wildman–Crippen MR) is 332 cm³/mol. The Balaban J connectivity index is 1.41. The van der Waals surface area contributed by atoms with Gasteiger partial charge in [0, 0.05) is 26.3 Å². The second-order valence-electron chi connectivity index (χ2n) is 25.5. The highest BCUT2D eigenvalue weighted by Gasteiger charge is 2.56. The minimum absolute atomic E-state index is 0.0472. The summed E-state index contributed by atoms with van der Waals surface area (Å²) in [5.41, 5.74) is 0. The minimum Gasteiger partial charge on any atom is -0.394 e. The van der Waals surface area contributed by atoms with E-state index in [-0.39, 0.29) is 25.2 Å². The Bertz CT molecular complexity index is 1950. The van der Waals surface area contributed by atoms with Crippen molar-refractivity contribution in [3.05, 3.63) is 12.2 Å². The molecule has 22 atom stereocenters. The van der Waals surface area contributed by atoms with E-state index in [0.29, 0.717) is 6.42 Å². The molecule has 90 heavy (non-hydrogen) atoms. The Morgan fingerprint density at radius 2 is 0.822 bits per heavy atom. The van der Waals surface area contributed by atoms with Gasteiger partial charge in [0.25, 0.3) is 0 Å². The summed E-state index contributed by atoms with van der Waals surface area (Å²) < 4.78 is 41.8. The predicted octanol–water partition coefficient (Wildman–Crippen LogP) is 2.73. The van der Waals surface area contributed by atoms with Crippen molar-refractivity contribution < 1.29 is 109 Å². The first-order valence-corrected chi connectivity index (χ1v) is 34.3. The van der Waals surface area contributed by atoms with Crippen LogP contribution in [0.3, 0.4) is 0 Å². The van der Waals surface area contributed by atoms with Crippen LogP contribution in [0.25, 0.3) is 0 Å². The lowest BCUT2D eigenvalue weighted by Crippen LogP contribution is -2.70. The summed E-state index contributed by atoms with van der Waals surface area (Å²) in [7, 11) is 0. The number of carbonyl (C=O) groups is 3. The molecule has 0 radical (unpaired) electrons. The molecular formula is C65H119N3O22. The normalized spacial score (nSPS) is 33.0. The van der Waals surface area contributed by atoms with Gasteiger partial charge < -0.3 is 110 Å². The highest BCUT2D eigenvalue weighted by molar-refractivity contribution is 5.76. The number of ether oxygens (including phenoxy) is 7. The van der Waals surface area contributed by atoms with Gasteiger partial charge >= 0.3 is 0 Å². The molecule has 4 aliphatic rings. The maximum atomic E-state index is 13.6. The first kappa shape index (κ1) is 79.8. The Morgan fingerprint density at radius 3 is 1.31 bits per heavy atom. The van der Waals surface area contributed by atoms with Crippen molar-refractivity contribution >= 4 is 17.7 Å². The van der Waals surface area contributed by atoms with Crippen LogP contribution in [0.4, 0.5) is 0 Å². The van der Waals surface area contributed by atoms with E-state index in [1.165, 1.54) is 116 Å². The Kier molecular flexibility index (Phi) is 39.9. The third kappa shape index (κ3) is 27.2. The molecule has 0 aromatic rings. The molecule has 0 spiro atoms. The lowest BCUT2D eigenvalue weighted by atomic mass is 9.89. The fourth-order valence-electron chi connectivity index (χ4n) is 12.6. The molecule has 4 saturated heterocycles. The van der Waals surface area contributed by atoms with E-state index in [9.17, 15) is 75.7 Å². The summed E-state index contributed by atoms with van der Waals surface area (Å²) in [6.45, 7) is 3.18. The zero-order chi connectivity index (χ0) is 66.0. The average molecular weight is 1290 g/mol. The van der Waals surface area contributed by atoms with Gasteiger partial charge in [0.1, 0.15) is 97.5 Å². The molecule has 25 nitrogen and oxygen atoms in total. The Morgan fingerprint density at radius 1 is 0.433 bits per heavy atom. The van der Waals surface area contributed by atoms with Crippen LogP contribution in [0.15, 0.2) is 12.2 Å². The van der Waals surface area contributed by atoms with Crippen molar-refractivity contribution in [1.29, 1.82) is 0 Å². The summed E-state index contributed by atoms with van der Waals surface area (Å²) in [6, 6.07) is -3.91. The third-order valence-corrected chi connectivity index (χ3v) is 17.9. The SMILES string of the molecule is CCCCCCCCCCCCC/C=C/[C@H](O)C[C@@H](C[C@@H]1O[C@H](CO)[C@@H](O[C@@H]2O[C@H](CO)[C@@H](O)[C@H](O[C@@H]3O[C@H](CO)[C@@H](O[C@@H]4O[C@H](CO)[C@H](O)[C@H](O)[C@H]4NC(C)=O)[C@H](O)[C@H]3NC(C)=O)[C@@H]2O)[C@H](O)[C@H]1O)NC(=O)CCCCCCCCCCCCCCCCC. The molecule has 0 aromatic carbocycles. The quantitative estimate of drug-likeness (QED) is 0.0308. The molecule has 526 valence electrons. The summed E-state index contributed by atoms with van der Waals surface area (Å²) in [6.07, 6.45) is 3.74. The van der Waals surface area contributed by atoms with Crippen LogP contribution in [0.5, 0.6) is 0 Å². The molecule has 0 saturated carbocycles. The summed E-state index contributed by atoms with van der Waals surface area (Å²) in [5, 5.41) is 141. The Labute approximate surface area is 534 Å². The van der Waals surface area contributed by atoms with E-state index in [1.54, 1.807) is 6.08 Å². The van der Waals surface area contributed by atoms with Crippen molar-refractivity contribution in [3.63, 3.8) is 0 Å². The summed E-state index contributed by atoms with van der Waals surface area (Å²) >= 11 is 0. The van der Waals surface area contributed by atoms with Gasteiger partial charge in [0.15, 0.2) is 18.9 Å². The number of carbonyl (C=O) groups excluding carboxylic acids is 3. The van der Waals surface area contributed by atoms with E-state index < -0.39 is 173 Å². The molecule has 15 N–H and O–H groups in total. The third-order valence-electron chi connectivity index (χ3n) is 17.9. The summed E-state index contributed by atoms with van der Waals surface area (Å²) in [4.78, 5) is 38.4. The Hall–Kier alpha value is -2.61. The summed E-state index contributed by atoms with van der Waals surface area (Å²) in [5.74, 6) is -1.69. The minimum atomic E-state index is -2.07. The van der Waals surface area contributed by atoms with Crippen molar-refractivity contribution in [2.24, 2.45) is 0 Å². The van der Waals surface area contributed by atoms with Gasteiger partial charge in [-0.1, -0.05) is 180 Å². The lowest BCUT2D eigenvalue weighted by molar-refractivity contribution is -0.373. The van der Waals surface area contributed by atoms with Gasteiger partial charge in [-0.3, -0.25) is 14.4 Å². The maximum Gasteiger partial charge on any atom is 0.220 e. The van der Waals surface area contributed by atoms with E-state index in [2.05, 4.69) is 29.8 Å². The number of aliphatic hydroxyl groups excluding tert-OH is 12. The molecule has 3 amide bonds. The van der Waals surface area contributed by atoms with E-state index in [0.717, 1.165) is 65.2 Å². The van der Waals surface area contributed by atoms with Crippen LogP contribution in [-0.2, 0) is 47.5 Å². The molecule has 0 aromatic heterocycles. The van der Waals surface area contributed by atoms with E-state index >= 15 is 0 Å². The van der Waals surface area contributed by atoms with Crippen molar-refractivity contribution in [3.8, 4) is 0 Å². The standard InChI is InChI=1S/C65H119N3O22/c1-5-7-9-11-13-15-17-19-20-22-24-26-28-30-32-34-50(76)68-43(35-44(75)33-31-29-27-25-23-21-18-16-14-12-10-8-6-2)36-45-53(77)58(82)61(48(39-71)84-45)89-65-59(83)62(55(79)47(38-70)86-65)90-64-52(67-42(4)74)57(81)60(49(40-72)87-64)88-63-51(66-41(3)73)56(80)54(78)46(37-69)85-63/h31,33,43-49,51-65,69-72,75,77-83H,5-30,32,34-40H2,1-4H3,(H,66,73)(H,67,74)(H,68,76)/b33-31+/t43-,44-,45-,46+,47+,48+,49+,51+,52+,53-,54-,55+,56+,57+,58+,59-,60+,61+,62-,63-,64-,65-/m0/s1. The van der Waals surface area contributed by atoms with Gasteiger partial charge in [0.2, 0.25) is 17.7 Å². The second kappa shape index (κ2) is 44.9. The van der Waals surface area contributed by atoms with Crippen molar-refractivity contribution in [1.82, 2.24) is 16.0 Å². The number of allylic oxidation sites excluding steroid dienone is 1. The average Bonchev–Trinajstić information content (AvgIpc) is 0.818. The first-order valence-electron chi connectivity index (χ1n) is 34.3. The number of unbranched alkanes of at least 4 members (excludes halogenated alkanes) is 25. The van der Waals surface area contributed by atoms with Gasteiger partial charge in [-0.25, -0.2) is 0 Å². The number of nitrogens with one attached hydrogen (secondary N) is 3. The van der Waals surface area contributed by atoms with Crippen LogP contribution in [0.1, 0.15) is 220 Å². The topological polar surface area (TPSA) is 395 Å². The molecule has 0 bridgehead atoms. The van der Waals surface area contributed by atoms with Gasteiger partial charge in [-0.15, -0.1) is 0 Å². The van der Waals surface area contributed by atoms with Crippen LogP contribution < -0.4 is 16.0 Å². The van der Waals surface area contributed by atoms with E-state index in [1.807, 2.05) is 6.08 Å². The first-order chi connectivity index (χ1) is 43.3. The lowest BCUT2D eigenvalue weighted by Gasteiger charge is -2.50. The molecule has 25 heteroatoms. The number of hydrogen-bond donors (Lipinski definition) is 15. The fraction of sp³-hybridized carbons (Fsp3) is 0.923. The number of amides is 3. The van der Waals surface area contributed by atoms with Gasteiger partial charge in [0.05, 0.1) is 38.6 Å². The largest absolute Gasteiger partial charge is 0.394 e. The number of hydrogen-bond acceptors (Lipinski definition) is 22. The number of aliphatic hydroxyl groups is 12. The zero-order valence-corrected chi connectivity index (χ0v) is 54.3. The second-order valence-corrected chi connectivity index (χ2v) is 25.5. The number of rotatable bonds is 46. The molecular weight excluding hydrogens is 1170 g/mol. The highest BCUT2D eigenvalue weighted by Crippen LogP contribution is 2.36. The van der Waals surface area contributed by atoms with Crippen LogP contribution in [0, 0.1) is 0 Å². The highest BCUT2D eigenvalue weighted by atomic mass is 16.8. The van der Waals surface area contributed by atoms with Crippen molar-refractivity contribution in [2.75, 3.05) is 26.4 Å². The van der Waals surface area contributed by atoms with Gasteiger partial charge in [-0.2, -0.15) is 0 Å².